The van der Waals surface area contributed by atoms with E-state index in [1.165, 1.54) is 12.1 Å². The van der Waals surface area contributed by atoms with Gasteiger partial charge in [-0.3, -0.25) is 9.35 Å². The molecule has 0 spiro atoms. The molecule has 0 saturated carbocycles. The Kier molecular flexibility index (Phi) is 2.49. The van der Waals surface area contributed by atoms with Gasteiger partial charge in [0, 0.05) is 5.56 Å². The first-order chi connectivity index (χ1) is 5.93. The smallest absolute Gasteiger partial charge is 0.294 e. The zero-order chi connectivity index (χ0) is 10.1. The van der Waals surface area contributed by atoms with Crippen LogP contribution in [0.4, 0.5) is 0 Å². The van der Waals surface area contributed by atoms with Crippen molar-refractivity contribution in [1.29, 1.82) is 0 Å². The molecule has 0 fully saturated rings. The molecule has 13 heavy (non-hydrogen) atoms. The van der Waals surface area contributed by atoms with Crippen molar-refractivity contribution < 1.29 is 17.8 Å². The molecule has 1 N–H and O–H groups in total. The summed E-state index contributed by atoms with van der Waals surface area (Å²) in [6.07, 6.45) is 0.529. The summed E-state index contributed by atoms with van der Waals surface area (Å²) in [6, 6.07) is 3.94. The molecule has 0 aliphatic heterocycles. The minimum absolute atomic E-state index is 0.229. The number of hydrogen-bond donors (Lipinski definition) is 1. The van der Waals surface area contributed by atoms with Gasteiger partial charge >= 0.3 is 0 Å². The van der Waals surface area contributed by atoms with E-state index in [9.17, 15) is 13.2 Å². The number of aryl methyl sites for hydroxylation is 1. The maximum absolute atomic E-state index is 10.7. The van der Waals surface area contributed by atoms with Crippen LogP contribution in [0.15, 0.2) is 23.1 Å². The Balaban J connectivity index is 3.41. The normalized spacial score (nSPS) is 11.2. The Bertz CT molecular complexity index is 433. The molecule has 0 aliphatic rings. The van der Waals surface area contributed by atoms with E-state index in [0.29, 0.717) is 11.8 Å². The quantitative estimate of drug-likeness (QED) is 0.572. The summed E-state index contributed by atoms with van der Waals surface area (Å²) >= 11 is 0. The standard InChI is InChI=1S/C8H8O4S/c1-6-2-7(5-9)4-8(3-6)13(10,11)12/h2-5H,1H3,(H,10,11,12). The van der Waals surface area contributed by atoms with Crippen LogP contribution >= 0.6 is 0 Å². The molecule has 0 atom stereocenters. The van der Waals surface area contributed by atoms with Crippen LogP contribution < -0.4 is 0 Å². The highest BCUT2D eigenvalue weighted by Gasteiger charge is 2.10. The van der Waals surface area contributed by atoms with Crippen molar-refractivity contribution in [3.63, 3.8) is 0 Å². The summed E-state index contributed by atoms with van der Waals surface area (Å²) in [6.45, 7) is 1.64. The van der Waals surface area contributed by atoms with Gasteiger partial charge in [-0.25, -0.2) is 0 Å². The lowest BCUT2D eigenvalue weighted by Gasteiger charge is -1.99. The number of hydrogen-bond acceptors (Lipinski definition) is 3. The van der Waals surface area contributed by atoms with Crippen LogP contribution in [-0.2, 0) is 10.1 Å². The van der Waals surface area contributed by atoms with Gasteiger partial charge < -0.3 is 0 Å². The summed E-state index contributed by atoms with van der Waals surface area (Å²) in [5.74, 6) is 0. The molecule has 0 aliphatic carbocycles. The SMILES string of the molecule is Cc1cc(C=O)cc(S(=O)(=O)O)c1. The van der Waals surface area contributed by atoms with E-state index in [4.69, 9.17) is 4.55 Å². The van der Waals surface area contributed by atoms with Gasteiger partial charge in [0.2, 0.25) is 0 Å². The molecular formula is C8H8O4S. The Morgan fingerprint density at radius 3 is 2.38 bits per heavy atom. The van der Waals surface area contributed by atoms with Crippen LogP contribution in [0.5, 0.6) is 0 Å². The first kappa shape index (κ1) is 9.88. The summed E-state index contributed by atoms with van der Waals surface area (Å²) in [7, 11) is -4.22. The van der Waals surface area contributed by atoms with Gasteiger partial charge in [-0.05, 0) is 30.7 Å². The van der Waals surface area contributed by atoms with Gasteiger partial charge in [-0.15, -0.1) is 0 Å². The van der Waals surface area contributed by atoms with Crippen LogP contribution in [0.2, 0.25) is 0 Å². The summed E-state index contributed by atoms with van der Waals surface area (Å²) in [5, 5.41) is 0. The lowest BCUT2D eigenvalue weighted by atomic mass is 10.2. The van der Waals surface area contributed by atoms with Crippen molar-refractivity contribution in [1.82, 2.24) is 0 Å². The molecule has 1 aromatic carbocycles. The van der Waals surface area contributed by atoms with Crippen molar-refractivity contribution >= 4 is 16.4 Å². The van der Waals surface area contributed by atoms with Crippen LogP contribution in [0.1, 0.15) is 15.9 Å². The highest BCUT2D eigenvalue weighted by molar-refractivity contribution is 7.85. The molecule has 0 bridgehead atoms. The summed E-state index contributed by atoms with van der Waals surface area (Å²) in [5.41, 5.74) is 0.838. The molecule has 0 aromatic heterocycles. The number of carbonyl (C=O) groups excluding carboxylic acids is 1. The number of carbonyl (C=O) groups is 1. The Morgan fingerprint density at radius 2 is 1.92 bits per heavy atom. The monoisotopic (exact) mass is 200 g/mol. The summed E-state index contributed by atoms with van der Waals surface area (Å²) < 4.78 is 30.1. The number of benzene rings is 1. The van der Waals surface area contributed by atoms with Crippen molar-refractivity contribution in [2.45, 2.75) is 11.8 Å². The van der Waals surface area contributed by atoms with E-state index in [1.54, 1.807) is 6.92 Å². The van der Waals surface area contributed by atoms with Gasteiger partial charge in [-0.2, -0.15) is 8.42 Å². The Hall–Kier alpha value is -1.20. The molecule has 1 aromatic rings. The van der Waals surface area contributed by atoms with Crippen LogP contribution in [-0.4, -0.2) is 19.3 Å². The number of aldehydes is 1. The Morgan fingerprint density at radius 1 is 1.31 bits per heavy atom. The zero-order valence-corrected chi connectivity index (χ0v) is 7.71. The van der Waals surface area contributed by atoms with Gasteiger partial charge in [0.25, 0.3) is 10.1 Å². The molecule has 4 nitrogen and oxygen atoms in total. The van der Waals surface area contributed by atoms with E-state index in [0.717, 1.165) is 6.07 Å². The zero-order valence-electron chi connectivity index (χ0n) is 6.89. The summed E-state index contributed by atoms with van der Waals surface area (Å²) in [4.78, 5) is 10.1. The van der Waals surface area contributed by atoms with E-state index >= 15 is 0 Å². The van der Waals surface area contributed by atoms with Crippen LogP contribution in [0.3, 0.4) is 0 Å². The third-order valence-corrected chi connectivity index (χ3v) is 2.34. The second-order valence-electron chi connectivity index (χ2n) is 2.67. The molecule has 0 radical (unpaired) electrons. The third kappa shape index (κ3) is 2.37. The maximum Gasteiger partial charge on any atom is 0.294 e. The molecule has 0 heterocycles. The van der Waals surface area contributed by atoms with E-state index in [1.807, 2.05) is 0 Å². The lowest BCUT2D eigenvalue weighted by molar-refractivity contribution is 0.112. The average Bonchev–Trinajstić information content (AvgIpc) is 2.01. The predicted molar refractivity (Wildman–Crippen MR) is 46.4 cm³/mol. The molecule has 5 heteroatoms. The van der Waals surface area contributed by atoms with E-state index in [2.05, 4.69) is 0 Å². The second-order valence-corrected chi connectivity index (χ2v) is 4.09. The maximum atomic E-state index is 10.7. The largest absolute Gasteiger partial charge is 0.298 e. The highest BCUT2D eigenvalue weighted by Crippen LogP contribution is 2.13. The van der Waals surface area contributed by atoms with Crippen molar-refractivity contribution in [2.75, 3.05) is 0 Å². The predicted octanol–water partition coefficient (Wildman–Crippen LogP) is 1.05. The lowest BCUT2D eigenvalue weighted by Crippen LogP contribution is -1.99. The highest BCUT2D eigenvalue weighted by atomic mass is 32.2. The number of rotatable bonds is 2. The fraction of sp³-hybridized carbons (Fsp3) is 0.125. The van der Waals surface area contributed by atoms with Gasteiger partial charge in [0.1, 0.15) is 6.29 Å². The van der Waals surface area contributed by atoms with Gasteiger partial charge in [-0.1, -0.05) is 0 Å². The minimum Gasteiger partial charge on any atom is -0.298 e. The topological polar surface area (TPSA) is 71.4 Å². The fourth-order valence-electron chi connectivity index (χ4n) is 0.994. The first-order valence-electron chi connectivity index (χ1n) is 3.48. The van der Waals surface area contributed by atoms with Crippen LogP contribution in [0, 0.1) is 6.92 Å². The molecule has 1 rings (SSSR count). The van der Waals surface area contributed by atoms with Crippen molar-refractivity contribution in [3.8, 4) is 0 Å². The average molecular weight is 200 g/mol. The fourth-order valence-corrected chi connectivity index (χ4v) is 1.61. The minimum atomic E-state index is -4.22. The second kappa shape index (κ2) is 3.27. The molecule has 0 amide bonds. The van der Waals surface area contributed by atoms with E-state index in [-0.39, 0.29) is 10.5 Å². The molecule has 0 saturated heterocycles. The van der Waals surface area contributed by atoms with E-state index < -0.39 is 10.1 Å². The molecule has 70 valence electrons. The van der Waals surface area contributed by atoms with Crippen LogP contribution in [0.25, 0.3) is 0 Å². The van der Waals surface area contributed by atoms with Gasteiger partial charge in [0.05, 0.1) is 4.90 Å². The third-order valence-electron chi connectivity index (χ3n) is 1.51. The van der Waals surface area contributed by atoms with Crippen molar-refractivity contribution in [3.05, 3.63) is 29.3 Å². The molecule has 0 unspecified atom stereocenters. The first-order valence-corrected chi connectivity index (χ1v) is 4.92. The van der Waals surface area contributed by atoms with Crippen molar-refractivity contribution in [2.24, 2.45) is 0 Å². The molecular weight excluding hydrogens is 192 g/mol. The Labute approximate surface area is 76.0 Å². The van der Waals surface area contributed by atoms with Gasteiger partial charge in [0.15, 0.2) is 0 Å².